The molecule has 0 saturated carbocycles. The summed E-state index contributed by atoms with van der Waals surface area (Å²) in [7, 11) is 0. The van der Waals surface area contributed by atoms with Crippen molar-refractivity contribution < 1.29 is 4.79 Å². The minimum absolute atomic E-state index is 0.0322. The van der Waals surface area contributed by atoms with Crippen LogP contribution in [0.4, 0.5) is 11.6 Å². The summed E-state index contributed by atoms with van der Waals surface area (Å²) in [5, 5.41) is 3.42. The number of piperazine rings is 1. The molecule has 1 saturated heterocycles. The van der Waals surface area contributed by atoms with Crippen LogP contribution < -0.4 is 10.2 Å². The van der Waals surface area contributed by atoms with Crippen molar-refractivity contribution in [3.63, 3.8) is 0 Å². The standard InChI is InChI=1S/C22H28N6O/c29-21(27-11-13-28(14-12-27)22-25-8-4-9-26-22)19-15-20(17-23-16-19)24-10-7-18-5-2-1-3-6-18/h4-5,8-9,15-17,24H,1-3,6-7,10-14H2. The molecule has 4 rings (SSSR count). The van der Waals surface area contributed by atoms with Gasteiger partial charge in [-0.05, 0) is 44.2 Å². The van der Waals surface area contributed by atoms with E-state index in [0.29, 0.717) is 18.7 Å². The number of anilines is 2. The number of nitrogens with zero attached hydrogens (tertiary/aromatic N) is 5. The van der Waals surface area contributed by atoms with Crippen LogP contribution in [-0.4, -0.2) is 58.5 Å². The van der Waals surface area contributed by atoms with Crippen LogP contribution in [0.3, 0.4) is 0 Å². The topological polar surface area (TPSA) is 74.2 Å². The third-order valence-corrected chi connectivity index (χ3v) is 5.55. The van der Waals surface area contributed by atoms with Crippen molar-refractivity contribution in [2.24, 2.45) is 0 Å². The average Bonchev–Trinajstić information content (AvgIpc) is 2.80. The Morgan fingerprint density at radius 2 is 1.90 bits per heavy atom. The fourth-order valence-corrected chi connectivity index (χ4v) is 3.90. The number of aromatic nitrogens is 3. The lowest BCUT2D eigenvalue weighted by atomic mass is 9.97. The summed E-state index contributed by atoms with van der Waals surface area (Å²) in [4.78, 5) is 29.8. The van der Waals surface area contributed by atoms with Crippen LogP contribution in [-0.2, 0) is 0 Å². The van der Waals surface area contributed by atoms with E-state index in [1.54, 1.807) is 30.4 Å². The quantitative estimate of drug-likeness (QED) is 0.762. The monoisotopic (exact) mass is 392 g/mol. The molecule has 0 bridgehead atoms. The van der Waals surface area contributed by atoms with Crippen LogP contribution in [0.25, 0.3) is 0 Å². The van der Waals surface area contributed by atoms with Crippen LogP contribution in [0.15, 0.2) is 48.6 Å². The van der Waals surface area contributed by atoms with E-state index in [4.69, 9.17) is 0 Å². The highest BCUT2D eigenvalue weighted by atomic mass is 16.2. The lowest BCUT2D eigenvalue weighted by Gasteiger charge is -2.34. The number of nitrogens with one attached hydrogen (secondary N) is 1. The van der Waals surface area contributed by atoms with Gasteiger partial charge in [0.1, 0.15) is 0 Å². The highest BCUT2D eigenvalue weighted by molar-refractivity contribution is 5.94. The first-order valence-electron chi connectivity index (χ1n) is 10.5. The Bertz CT molecular complexity index is 845. The summed E-state index contributed by atoms with van der Waals surface area (Å²) < 4.78 is 0. The third kappa shape index (κ3) is 5.10. The summed E-state index contributed by atoms with van der Waals surface area (Å²) in [6, 6.07) is 3.72. The van der Waals surface area contributed by atoms with Gasteiger partial charge in [-0.1, -0.05) is 11.6 Å². The molecule has 1 amide bonds. The van der Waals surface area contributed by atoms with Gasteiger partial charge in [-0.2, -0.15) is 0 Å². The van der Waals surface area contributed by atoms with Gasteiger partial charge in [0.25, 0.3) is 5.91 Å². The van der Waals surface area contributed by atoms with Crippen molar-refractivity contribution >= 4 is 17.5 Å². The first kappa shape index (κ1) is 19.4. The molecule has 1 fully saturated rings. The van der Waals surface area contributed by atoms with Crippen LogP contribution in [0, 0.1) is 0 Å². The van der Waals surface area contributed by atoms with Crippen molar-refractivity contribution in [2.45, 2.75) is 32.1 Å². The molecule has 0 unspecified atom stereocenters. The maximum atomic E-state index is 12.9. The maximum Gasteiger partial charge on any atom is 0.255 e. The van der Waals surface area contributed by atoms with Crippen LogP contribution in [0.5, 0.6) is 0 Å². The van der Waals surface area contributed by atoms with Crippen LogP contribution in [0.2, 0.25) is 0 Å². The van der Waals surface area contributed by atoms with Gasteiger partial charge in [0.15, 0.2) is 0 Å². The van der Waals surface area contributed by atoms with E-state index < -0.39 is 0 Å². The number of rotatable bonds is 6. The maximum absolute atomic E-state index is 12.9. The largest absolute Gasteiger partial charge is 0.383 e. The molecule has 0 aromatic carbocycles. The fraction of sp³-hybridized carbons (Fsp3) is 0.455. The van der Waals surface area contributed by atoms with Crippen LogP contribution in [0.1, 0.15) is 42.5 Å². The van der Waals surface area contributed by atoms with Gasteiger partial charge < -0.3 is 15.1 Å². The van der Waals surface area contributed by atoms with E-state index in [1.165, 1.54) is 25.7 Å². The summed E-state index contributed by atoms with van der Waals surface area (Å²) in [6.07, 6.45) is 15.4. The molecule has 7 nitrogen and oxygen atoms in total. The number of hydrogen-bond donors (Lipinski definition) is 1. The van der Waals surface area contributed by atoms with Gasteiger partial charge >= 0.3 is 0 Å². The number of carbonyl (C=O) groups is 1. The molecule has 1 aliphatic carbocycles. The highest BCUT2D eigenvalue weighted by Crippen LogP contribution is 2.20. The van der Waals surface area contributed by atoms with E-state index in [9.17, 15) is 4.79 Å². The minimum Gasteiger partial charge on any atom is -0.383 e. The first-order valence-corrected chi connectivity index (χ1v) is 10.5. The highest BCUT2D eigenvalue weighted by Gasteiger charge is 2.23. The summed E-state index contributed by atoms with van der Waals surface area (Å²) >= 11 is 0. The normalized spacial score (nSPS) is 17.0. The van der Waals surface area contributed by atoms with Crippen molar-refractivity contribution in [1.82, 2.24) is 19.9 Å². The van der Waals surface area contributed by atoms with Gasteiger partial charge in [-0.25, -0.2) is 9.97 Å². The third-order valence-electron chi connectivity index (χ3n) is 5.55. The van der Waals surface area contributed by atoms with E-state index in [1.807, 2.05) is 17.0 Å². The molecular formula is C22H28N6O. The Balaban J connectivity index is 1.30. The number of pyridine rings is 1. The lowest BCUT2D eigenvalue weighted by Crippen LogP contribution is -2.49. The van der Waals surface area contributed by atoms with E-state index in [2.05, 4.69) is 31.2 Å². The number of allylic oxidation sites excluding steroid dienone is 1. The summed E-state index contributed by atoms with van der Waals surface area (Å²) in [5.41, 5.74) is 3.09. The summed E-state index contributed by atoms with van der Waals surface area (Å²) in [5.74, 6) is 0.755. The molecule has 7 heteroatoms. The molecule has 2 aromatic rings. The Hall–Kier alpha value is -2.96. The molecule has 0 spiro atoms. The number of carbonyl (C=O) groups excluding carboxylic acids is 1. The molecule has 0 atom stereocenters. The zero-order valence-electron chi connectivity index (χ0n) is 16.8. The van der Waals surface area contributed by atoms with Gasteiger partial charge in [0.05, 0.1) is 11.3 Å². The average molecular weight is 393 g/mol. The predicted octanol–water partition coefficient (Wildman–Crippen LogP) is 3.14. The minimum atomic E-state index is 0.0322. The zero-order chi connectivity index (χ0) is 19.9. The molecule has 1 aliphatic heterocycles. The molecule has 152 valence electrons. The predicted molar refractivity (Wildman–Crippen MR) is 114 cm³/mol. The van der Waals surface area contributed by atoms with Gasteiger partial charge in [0, 0.05) is 57.5 Å². The Kier molecular flexibility index (Phi) is 6.34. The molecule has 3 heterocycles. The second kappa shape index (κ2) is 9.49. The second-order valence-corrected chi connectivity index (χ2v) is 7.58. The Morgan fingerprint density at radius 1 is 1.07 bits per heavy atom. The Morgan fingerprint density at radius 3 is 2.66 bits per heavy atom. The molecule has 2 aliphatic rings. The van der Waals surface area contributed by atoms with Crippen molar-refractivity contribution in [2.75, 3.05) is 42.9 Å². The first-order chi connectivity index (χ1) is 14.3. The van der Waals surface area contributed by atoms with Gasteiger partial charge in [-0.3, -0.25) is 9.78 Å². The zero-order valence-corrected chi connectivity index (χ0v) is 16.8. The smallest absolute Gasteiger partial charge is 0.255 e. The van der Waals surface area contributed by atoms with Crippen molar-refractivity contribution in [3.05, 3.63) is 54.1 Å². The Labute approximate surface area is 171 Å². The fourth-order valence-electron chi connectivity index (χ4n) is 3.90. The van der Waals surface area contributed by atoms with Gasteiger partial charge in [0.2, 0.25) is 5.95 Å². The van der Waals surface area contributed by atoms with Crippen LogP contribution >= 0.6 is 0 Å². The van der Waals surface area contributed by atoms with E-state index in [-0.39, 0.29) is 5.91 Å². The second-order valence-electron chi connectivity index (χ2n) is 7.58. The SMILES string of the molecule is O=C(c1cncc(NCCC2=CCCCC2)c1)N1CCN(c2ncccn2)CC1. The van der Waals surface area contributed by atoms with Crippen molar-refractivity contribution in [3.8, 4) is 0 Å². The molecule has 2 aromatic heterocycles. The van der Waals surface area contributed by atoms with Crippen molar-refractivity contribution in [1.29, 1.82) is 0 Å². The lowest BCUT2D eigenvalue weighted by molar-refractivity contribution is 0.0746. The summed E-state index contributed by atoms with van der Waals surface area (Å²) in [6.45, 7) is 3.65. The number of hydrogen-bond acceptors (Lipinski definition) is 6. The molecule has 0 radical (unpaired) electrons. The van der Waals surface area contributed by atoms with E-state index in [0.717, 1.165) is 37.7 Å². The van der Waals surface area contributed by atoms with E-state index >= 15 is 0 Å². The van der Waals surface area contributed by atoms with Gasteiger partial charge in [-0.15, -0.1) is 0 Å². The molecule has 1 N–H and O–H groups in total. The molecular weight excluding hydrogens is 364 g/mol. The number of amides is 1. The molecule has 29 heavy (non-hydrogen) atoms.